The normalized spacial score (nSPS) is 14.3. The van der Waals surface area contributed by atoms with Crippen LogP contribution in [0.3, 0.4) is 0 Å². The van der Waals surface area contributed by atoms with Crippen molar-refractivity contribution in [2.24, 2.45) is 5.92 Å². The van der Waals surface area contributed by atoms with Crippen LogP contribution in [0.5, 0.6) is 0 Å². The fourth-order valence-corrected chi connectivity index (χ4v) is 5.75. The molecule has 0 bridgehead atoms. The van der Waals surface area contributed by atoms with Crippen LogP contribution in [-0.4, -0.2) is 58.8 Å². The zero-order valence-electron chi connectivity index (χ0n) is 24.5. The summed E-state index contributed by atoms with van der Waals surface area (Å²) < 4.78 is 13.9. The number of hydrogen-bond donors (Lipinski definition) is 3. The molecule has 0 unspecified atom stereocenters. The van der Waals surface area contributed by atoms with Gasteiger partial charge in [0.15, 0.2) is 0 Å². The zero-order valence-corrected chi connectivity index (χ0v) is 25.2. The molecule has 44 heavy (non-hydrogen) atoms. The molecule has 3 amide bonds. The molecule has 2 aromatic heterocycles. The SMILES string of the molecule is CNC(=O)[C@H](CC1CCN(C(=O)Cc2ccc3[nH]c(=O)cc(C)c3c2)CC1)NC(=O)c1ccc(-c2ccc(Cl)c(F)c2)cn1. The second-order valence-electron chi connectivity index (χ2n) is 11.1. The molecule has 1 aliphatic rings. The number of aryl methyl sites for hydroxylation is 1. The largest absolute Gasteiger partial charge is 0.357 e. The summed E-state index contributed by atoms with van der Waals surface area (Å²) >= 11 is 5.76. The van der Waals surface area contributed by atoms with Gasteiger partial charge in [0.25, 0.3) is 5.91 Å². The predicted octanol–water partition coefficient (Wildman–Crippen LogP) is 4.41. The Kier molecular flexibility index (Phi) is 9.39. The molecule has 11 heteroatoms. The summed E-state index contributed by atoms with van der Waals surface area (Å²) in [6.07, 6.45) is 3.57. The van der Waals surface area contributed by atoms with E-state index >= 15 is 0 Å². The van der Waals surface area contributed by atoms with E-state index in [1.165, 1.54) is 31.4 Å². The Bertz CT molecular complexity index is 1770. The fourth-order valence-electron chi connectivity index (χ4n) is 5.63. The molecule has 0 radical (unpaired) electrons. The fraction of sp³-hybridized carbons (Fsp3) is 0.303. The van der Waals surface area contributed by atoms with E-state index in [0.29, 0.717) is 43.5 Å². The Labute approximate surface area is 258 Å². The third-order valence-corrected chi connectivity index (χ3v) is 8.43. The molecule has 1 atom stereocenters. The second kappa shape index (κ2) is 13.4. The van der Waals surface area contributed by atoms with E-state index in [1.807, 2.05) is 30.0 Å². The van der Waals surface area contributed by atoms with Crippen molar-refractivity contribution in [2.45, 2.75) is 38.6 Å². The monoisotopic (exact) mass is 617 g/mol. The van der Waals surface area contributed by atoms with Crippen molar-refractivity contribution in [1.29, 1.82) is 0 Å². The molecule has 1 saturated heterocycles. The number of carbonyl (C=O) groups excluding carboxylic acids is 3. The first kappa shape index (κ1) is 30.9. The molecule has 1 fully saturated rings. The first-order valence-electron chi connectivity index (χ1n) is 14.5. The number of piperidine rings is 1. The van der Waals surface area contributed by atoms with Gasteiger partial charge in [0.1, 0.15) is 17.6 Å². The van der Waals surface area contributed by atoms with Crippen LogP contribution < -0.4 is 16.2 Å². The summed E-state index contributed by atoms with van der Waals surface area (Å²) in [5.41, 5.74) is 3.65. The molecule has 3 heterocycles. The van der Waals surface area contributed by atoms with Crippen molar-refractivity contribution in [3.05, 3.63) is 98.8 Å². The van der Waals surface area contributed by atoms with Crippen LogP contribution >= 0.6 is 11.6 Å². The number of halogens is 2. The molecule has 0 spiro atoms. The molecular formula is C33H33ClFN5O4. The van der Waals surface area contributed by atoms with Crippen LogP contribution in [0.1, 0.15) is 40.9 Å². The molecule has 0 aliphatic carbocycles. The van der Waals surface area contributed by atoms with Gasteiger partial charge in [0, 0.05) is 48.9 Å². The number of benzene rings is 2. The maximum absolute atomic E-state index is 13.9. The van der Waals surface area contributed by atoms with Gasteiger partial charge >= 0.3 is 0 Å². The Hall–Kier alpha value is -4.57. The minimum atomic E-state index is -0.765. The third kappa shape index (κ3) is 7.14. The number of hydrogen-bond acceptors (Lipinski definition) is 5. The highest BCUT2D eigenvalue weighted by atomic mass is 35.5. The van der Waals surface area contributed by atoms with Crippen molar-refractivity contribution in [3.8, 4) is 11.1 Å². The number of aromatic amines is 1. The summed E-state index contributed by atoms with van der Waals surface area (Å²) in [5, 5.41) is 6.36. The Morgan fingerprint density at radius 1 is 1.07 bits per heavy atom. The van der Waals surface area contributed by atoms with Gasteiger partial charge in [-0.2, -0.15) is 0 Å². The summed E-state index contributed by atoms with van der Waals surface area (Å²) in [7, 11) is 1.52. The molecule has 2 aromatic carbocycles. The van der Waals surface area contributed by atoms with E-state index in [4.69, 9.17) is 11.6 Å². The maximum Gasteiger partial charge on any atom is 0.270 e. The van der Waals surface area contributed by atoms with Crippen molar-refractivity contribution in [2.75, 3.05) is 20.1 Å². The van der Waals surface area contributed by atoms with Crippen LogP contribution in [0, 0.1) is 18.7 Å². The molecule has 3 N–H and O–H groups in total. The van der Waals surface area contributed by atoms with Crippen molar-refractivity contribution >= 4 is 40.2 Å². The standard InChI is InChI=1S/C33H33ClFN5O4/c1-19-13-30(41)38-27-7-3-21(14-24(19)27)16-31(42)40-11-9-20(10-12-40)15-29(32(43)36-2)39-33(44)28-8-5-23(18-37-28)22-4-6-25(34)26(35)17-22/h3-8,13-14,17-18,20,29H,9-12,15-16H2,1-2H3,(H,36,43)(H,38,41)(H,39,44)/t29-/m0/s1. The van der Waals surface area contributed by atoms with E-state index in [-0.39, 0.29) is 40.4 Å². The summed E-state index contributed by atoms with van der Waals surface area (Å²) in [4.78, 5) is 59.4. The molecule has 5 rings (SSSR count). The van der Waals surface area contributed by atoms with Crippen LogP contribution in [0.15, 0.2) is 65.6 Å². The minimum absolute atomic E-state index is 0.0201. The first-order valence-corrected chi connectivity index (χ1v) is 14.8. The first-order chi connectivity index (χ1) is 21.1. The predicted molar refractivity (Wildman–Crippen MR) is 167 cm³/mol. The van der Waals surface area contributed by atoms with Gasteiger partial charge < -0.3 is 20.5 Å². The van der Waals surface area contributed by atoms with Gasteiger partial charge in [0.05, 0.1) is 11.4 Å². The van der Waals surface area contributed by atoms with Crippen molar-refractivity contribution in [1.82, 2.24) is 25.5 Å². The third-order valence-electron chi connectivity index (χ3n) is 8.12. The highest BCUT2D eigenvalue weighted by Crippen LogP contribution is 2.25. The molecular weight excluding hydrogens is 585 g/mol. The molecule has 1 aliphatic heterocycles. The van der Waals surface area contributed by atoms with E-state index in [0.717, 1.165) is 22.0 Å². The van der Waals surface area contributed by atoms with E-state index in [2.05, 4.69) is 20.6 Å². The topological polar surface area (TPSA) is 124 Å². The smallest absolute Gasteiger partial charge is 0.270 e. The van der Waals surface area contributed by atoms with E-state index < -0.39 is 17.8 Å². The summed E-state index contributed by atoms with van der Waals surface area (Å²) in [6, 6.07) is 14.0. The lowest BCUT2D eigenvalue weighted by Gasteiger charge is -2.33. The Morgan fingerprint density at radius 3 is 2.50 bits per heavy atom. The van der Waals surface area contributed by atoms with Crippen LogP contribution in [0.25, 0.3) is 22.0 Å². The number of likely N-dealkylation sites (N-methyl/N-ethyl adjacent to an activating group) is 1. The lowest BCUT2D eigenvalue weighted by atomic mass is 9.89. The quantitative estimate of drug-likeness (QED) is 0.270. The number of rotatable bonds is 8. The van der Waals surface area contributed by atoms with E-state index in [9.17, 15) is 23.6 Å². The number of amides is 3. The number of aromatic nitrogens is 2. The van der Waals surface area contributed by atoms with Crippen LogP contribution in [0.2, 0.25) is 5.02 Å². The van der Waals surface area contributed by atoms with Gasteiger partial charge in [-0.3, -0.25) is 24.2 Å². The molecule has 228 valence electrons. The summed E-state index contributed by atoms with van der Waals surface area (Å²) in [6.45, 7) is 3.00. The zero-order chi connectivity index (χ0) is 31.4. The van der Waals surface area contributed by atoms with Gasteiger partial charge in [0.2, 0.25) is 17.4 Å². The Morgan fingerprint density at radius 2 is 1.82 bits per heavy atom. The van der Waals surface area contributed by atoms with Crippen LogP contribution in [0.4, 0.5) is 4.39 Å². The number of carbonyl (C=O) groups is 3. The van der Waals surface area contributed by atoms with Crippen molar-refractivity contribution < 1.29 is 18.8 Å². The van der Waals surface area contributed by atoms with Gasteiger partial charge in [-0.05, 0) is 79.1 Å². The highest BCUT2D eigenvalue weighted by molar-refractivity contribution is 6.30. The second-order valence-corrected chi connectivity index (χ2v) is 11.5. The van der Waals surface area contributed by atoms with Crippen LogP contribution in [-0.2, 0) is 16.0 Å². The lowest BCUT2D eigenvalue weighted by molar-refractivity contribution is -0.132. The number of likely N-dealkylation sites (tertiary alicyclic amines) is 1. The number of fused-ring (bicyclic) bond motifs is 1. The number of nitrogens with one attached hydrogen (secondary N) is 3. The number of nitrogens with zero attached hydrogens (tertiary/aromatic N) is 2. The van der Waals surface area contributed by atoms with E-state index in [1.54, 1.807) is 18.2 Å². The molecule has 0 saturated carbocycles. The van der Waals surface area contributed by atoms with Gasteiger partial charge in [-0.25, -0.2) is 4.39 Å². The lowest BCUT2D eigenvalue weighted by Crippen LogP contribution is -2.48. The average molecular weight is 618 g/mol. The summed E-state index contributed by atoms with van der Waals surface area (Å²) in [5.74, 6) is -1.18. The van der Waals surface area contributed by atoms with Gasteiger partial charge in [-0.1, -0.05) is 29.8 Å². The molecule has 4 aromatic rings. The minimum Gasteiger partial charge on any atom is -0.357 e. The highest BCUT2D eigenvalue weighted by Gasteiger charge is 2.29. The maximum atomic E-state index is 13.9. The number of H-pyrrole nitrogens is 1. The number of pyridine rings is 2. The Balaban J connectivity index is 1.16. The van der Waals surface area contributed by atoms with Gasteiger partial charge in [-0.15, -0.1) is 0 Å². The molecule has 9 nitrogen and oxygen atoms in total. The van der Waals surface area contributed by atoms with Crippen molar-refractivity contribution in [3.63, 3.8) is 0 Å². The average Bonchev–Trinajstić information content (AvgIpc) is 3.02.